The minimum Gasteiger partial charge on any atom is -0.399 e. The molecule has 1 rings (SSSR count). The summed E-state index contributed by atoms with van der Waals surface area (Å²) in [5.41, 5.74) is 6.48. The van der Waals surface area contributed by atoms with Crippen LogP contribution in [0.4, 0.5) is 11.4 Å². The molecule has 17 heavy (non-hydrogen) atoms. The van der Waals surface area contributed by atoms with Crippen LogP contribution in [0.2, 0.25) is 10.0 Å². The molecule has 0 fully saturated rings. The van der Waals surface area contributed by atoms with Gasteiger partial charge in [0.1, 0.15) is 0 Å². The maximum absolute atomic E-state index is 11.2. The molecule has 0 heterocycles. The zero-order chi connectivity index (χ0) is 13.1. The van der Waals surface area contributed by atoms with Crippen molar-refractivity contribution in [2.75, 3.05) is 30.4 Å². The molecule has 0 bridgehead atoms. The van der Waals surface area contributed by atoms with Gasteiger partial charge in [0, 0.05) is 12.2 Å². The zero-order valence-corrected chi connectivity index (χ0v) is 11.5. The van der Waals surface area contributed by atoms with E-state index in [9.17, 15) is 8.42 Å². The van der Waals surface area contributed by atoms with Gasteiger partial charge in [-0.3, -0.25) is 0 Å². The molecule has 8 heteroatoms. The highest BCUT2D eigenvalue weighted by Crippen LogP contribution is 2.32. The molecule has 1 aromatic carbocycles. The van der Waals surface area contributed by atoms with Crippen molar-refractivity contribution in [3.05, 3.63) is 22.2 Å². The summed E-state index contributed by atoms with van der Waals surface area (Å²) in [6.45, 7) is 0.201. The Labute approximate surface area is 110 Å². The molecule has 0 aliphatic heterocycles. The number of nitrogens with two attached hydrogens (primary N) is 1. The van der Waals surface area contributed by atoms with Crippen molar-refractivity contribution in [2.24, 2.45) is 0 Å². The predicted octanol–water partition coefficient (Wildman–Crippen LogP) is 1.54. The number of rotatable bonds is 5. The number of sulfonamides is 1. The molecule has 0 unspecified atom stereocenters. The highest BCUT2D eigenvalue weighted by Gasteiger charge is 2.10. The average molecular weight is 298 g/mol. The average Bonchev–Trinajstić information content (AvgIpc) is 2.22. The lowest BCUT2D eigenvalue weighted by Gasteiger charge is -2.11. The Morgan fingerprint density at radius 2 is 1.82 bits per heavy atom. The number of halogens is 2. The third kappa shape index (κ3) is 4.23. The Kier molecular flexibility index (Phi) is 4.88. The first-order valence-corrected chi connectivity index (χ1v) is 7.16. The summed E-state index contributed by atoms with van der Waals surface area (Å²) in [7, 11) is -1.89. The second kappa shape index (κ2) is 5.77. The largest absolute Gasteiger partial charge is 0.399 e. The Balaban J connectivity index is 2.71. The van der Waals surface area contributed by atoms with Gasteiger partial charge in [0.25, 0.3) is 0 Å². The molecule has 0 aromatic heterocycles. The van der Waals surface area contributed by atoms with E-state index in [0.29, 0.717) is 21.4 Å². The summed E-state index contributed by atoms with van der Waals surface area (Å²) in [6.07, 6.45) is 0. The monoisotopic (exact) mass is 297 g/mol. The topological polar surface area (TPSA) is 84.2 Å². The molecule has 0 atom stereocenters. The quantitative estimate of drug-likeness (QED) is 0.720. The molecule has 0 saturated carbocycles. The van der Waals surface area contributed by atoms with E-state index >= 15 is 0 Å². The van der Waals surface area contributed by atoms with Crippen molar-refractivity contribution in [3.63, 3.8) is 0 Å². The Morgan fingerprint density at radius 1 is 1.29 bits per heavy atom. The van der Waals surface area contributed by atoms with Gasteiger partial charge in [-0.25, -0.2) is 13.1 Å². The van der Waals surface area contributed by atoms with E-state index in [1.165, 1.54) is 7.05 Å². The van der Waals surface area contributed by atoms with Gasteiger partial charge in [-0.05, 0) is 19.2 Å². The van der Waals surface area contributed by atoms with Gasteiger partial charge in [0.2, 0.25) is 10.0 Å². The molecule has 5 nitrogen and oxygen atoms in total. The molecule has 0 spiro atoms. The molecular weight excluding hydrogens is 285 g/mol. The smallest absolute Gasteiger partial charge is 0.213 e. The van der Waals surface area contributed by atoms with Crippen molar-refractivity contribution in [1.29, 1.82) is 0 Å². The Bertz CT molecular complexity index is 482. The molecule has 0 saturated heterocycles. The molecule has 0 radical (unpaired) electrons. The van der Waals surface area contributed by atoms with E-state index < -0.39 is 10.0 Å². The summed E-state index contributed by atoms with van der Waals surface area (Å²) >= 11 is 11.9. The number of benzene rings is 1. The van der Waals surface area contributed by atoms with Gasteiger partial charge in [-0.15, -0.1) is 0 Å². The molecule has 4 N–H and O–H groups in total. The fourth-order valence-corrected chi connectivity index (χ4v) is 2.39. The summed E-state index contributed by atoms with van der Waals surface area (Å²) in [4.78, 5) is 0. The van der Waals surface area contributed by atoms with Crippen LogP contribution >= 0.6 is 23.2 Å². The van der Waals surface area contributed by atoms with Gasteiger partial charge in [-0.2, -0.15) is 0 Å². The van der Waals surface area contributed by atoms with Crippen LogP contribution in [0.3, 0.4) is 0 Å². The van der Waals surface area contributed by atoms with Crippen LogP contribution in [0.15, 0.2) is 12.1 Å². The molecular formula is C9H13Cl2N3O2S. The van der Waals surface area contributed by atoms with E-state index in [1.807, 2.05) is 0 Å². The number of hydrogen-bond acceptors (Lipinski definition) is 4. The van der Waals surface area contributed by atoms with Crippen molar-refractivity contribution in [2.45, 2.75) is 0 Å². The predicted molar refractivity (Wildman–Crippen MR) is 72.2 cm³/mol. The highest BCUT2D eigenvalue weighted by molar-refractivity contribution is 7.89. The molecule has 0 amide bonds. The number of hydrogen-bond donors (Lipinski definition) is 3. The van der Waals surface area contributed by atoms with Gasteiger partial charge in [-0.1, -0.05) is 23.2 Å². The molecule has 0 aliphatic carbocycles. The lowest BCUT2D eigenvalue weighted by molar-refractivity contribution is 0.588. The lowest BCUT2D eigenvalue weighted by Crippen LogP contribution is -2.26. The van der Waals surface area contributed by atoms with Crippen molar-refractivity contribution < 1.29 is 8.42 Å². The molecule has 1 aromatic rings. The summed E-state index contributed by atoms with van der Waals surface area (Å²) in [6, 6.07) is 3.09. The highest BCUT2D eigenvalue weighted by atomic mass is 35.5. The number of anilines is 2. The van der Waals surface area contributed by atoms with Crippen LogP contribution in [-0.2, 0) is 10.0 Å². The molecule has 96 valence electrons. The van der Waals surface area contributed by atoms with Crippen molar-refractivity contribution in [1.82, 2.24) is 4.72 Å². The first kappa shape index (κ1) is 14.4. The first-order valence-electron chi connectivity index (χ1n) is 4.75. The molecule has 0 aliphatic rings. The maximum atomic E-state index is 11.2. The number of nitrogens with one attached hydrogen (secondary N) is 2. The van der Waals surface area contributed by atoms with Crippen LogP contribution in [0.5, 0.6) is 0 Å². The third-order valence-corrected chi connectivity index (χ3v) is 4.01. The van der Waals surface area contributed by atoms with E-state index in [4.69, 9.17) is 28.9 Å². The van der Waals surface area contributed by atoms with Crippen molar-refractivity contribution >= 4 is 44.6 Å². The third-order valence-electron chi connectivity index (χ3n) is 2.05. The van der Waals surface area contributed by atoms with Crippen LogP contribution in [0, 0.1) is 0 Å². The summed E-state index contributed by atoms with van der Waals surface area (Å²) < 4.78 is 24.6. The second-order valence-electron chi connectivity index (χ2n) is 3.31. The standard InChI is InChI=1S/C9H13Cl2N3O2S/c1-13-17(15,16)3-2-14-9-7(10)4-6(12)5-8(9)11/h4-5,13-14H,2-3,12H2,1H3. The van der Waals surface area contributed by atoms with Gasteiger partial charge < -0.3 is 11.1 Å². The van der Waals surface area contributed by atoms with Gasteiger partial charge >= 0.3 is 0 Å². The minimum atomic E-state index is -3.25. The fraction of sp³-hybridized carbons (Fsp3) is 0.333. The van der Waals surface area contributed by atoms with Gasteiger partial charge in [0.15, 0.2) is 0 Å². The van der Waals surface area contributed by atoms with E-state index in [2.05, 4.69) is 10.0 Å². The summed E-state index contributed by atoms with van der Waals surface area (Å²) in [5.74, 6) is -0.0689. The van der Waals surface area contributed by atoms with E-state index in [1.54, 1.807) is 12.1 Å². The van der Waals surface area contributed by atoms with E-state index in [0.717, 1.165) is 0 Å². The van der Waals surface area contributed by atoms with E-state index in [-0.39, 0.29) is 12.3 Å². The SMILES string of the molecule is CNS(=O)(=O)CCNc1c(Cl)cc(N)cc1Cl. The van der Waals surface area contributed by atoms with Gasteiger partial charge in [0.05, 0.1) is 21.5 Å². The fourth-order valence-electron chi connectivity index (χ4n) is 1.17. The first-order chi connectivity index (χ1) is 7.85. The lowest BCUT2D eigenvalue weighted by atomic mass is 10.3. The Hall–Kier alpha value is -0.690. The van der Waals surface area contributed by atoms with Crippen LogP contribution < -0.4 is 15.8 Å². The second-order valence-corrected chi connectivity index (χ2v) is 6.17. The zero-order valence-electron chi connectivity index (χ0n) is 9.13. The van der Waals surface area contributed by atoms with Crippen LogP contribution in [0.25, 0.3) is 0 Å². The maximum Gasteiger partial charge on any atom is 0.213 e. The van der Waals surface area contributed by atoms with Crippen LogP contribution in [-0.4, -0.2) is 27.8 Å². The summed E-state index contributed by atoms with van der Waals surface area (Å²) in [5, 5.41) is 3.58. The Morgan fingerprint density at radius 3 is 2.29 bits per heavy atom. The normalized spacial score (nSPS) is 11.5. The van der Waals surface area contributed by atoms with Crippen molar-refractivity contribution in [3.8, 4) is 0 Å². The number of nitrogen functional groups attached to an aromatic ring is 1. The van der Waals surface area contributed by atoms with Crippen LogP contribution in [0.1, 0.15) is 0 Å². The minimum absolute atomic E-state index is 0.0689.